The van der Waals surface area contributed by atoms with E-state index in [1.807, 2.05) is 54.1 Å². The molecule has 1 atom stereocenters. The van der Waals surface area contributed by atoms with Crippen LogP contribution in [0.25, 0.3) is 10.9 Å². The van der Waals surface area contributed by atoms with E-state index in [0.717, 1.165) is 27.8 Å². The highest BCUT2D eigenvalue weighted by molar-refractivity contribution is 7.92. The van der Waals surface area contributed by atoms with Gasteiger partial charge in [-0.25, -0.2) is 8.42 Å². The highest BCUT2D eigenvalue weighted by Crippen LogP contribution is 2.47. The fourth-order valence-corrected chi connectivity index (χ4v) is 5.84. The Balaban J connectivity index is 1.77. The summed E-state index contributed by atoms with van der Waals surface area (Å²) < 4.78 is 30.6. The first kappa shape index (κ1) is 17.1. The third kappa shape index (κ3) is 2.39. The van der Waals surface area contributed by atoms with E-state index in [0.29, 0.717) is 11.4 Å². The molecule has 2 heterocycles. The Labute approximate surface area is 164 Å². The number of aromatic nitrogens is 1. The molecule has 1 aliphatic heterocycles. The summed E-state index contributed by atoms with van der Waals surface area (Å²) in [6.07, 6.45) is 0. The zero-order valence-electron chi connectivity index (χ0n) is 15.5. The van der Waals surface area contributed by atoms with E-state index in [1.54, 1.807) is 28.6 Å². The van der Waals surface area contributed by atoms with Crippen molar-refractivity contribution in [3.63, 3.8) is 0 Å². The Kier molecular flexibility index (Phi) is 3.81. The molecule has 0 saturated carbocycles. The lowest BCUT2D eigenvalue weighted by Crippen LogP contribution is -2.31. The normalized spacial score (nSPS) is 16.5. The standard InChI is InChI=1S/C23H20N2O2S/c1-24-21-15-9-8-14-19(21)22-20(17-10-4-2-5-11-17)16-25(23(22)24)28(26,27)18-12-6-3-7-13-18/h2-15,20H,16H2,1H3. The van der Waals surface area contributed by atoms with Crippen molar-refractivity contribution in [3.05, 3.63) is 96.1 Å². The molecule has 1 aromatic heterocycles. The van der Waals surface area contributed by atoms with Crippen molar-refractivity contribution in [2.45, 2.75) is 10.8 Å². The molecule has 1 unspecified atom stereocenters. The number of para-hydroxylation sites is 1. The van der Waals surface area contributed by atoms with Crippen molar-refractivity contribution in [2.24, 2.45) is 7.05 Å². The van der Waals surface area contributed by atoms with E-state index in [2.05, 4.69) is 18.2 Å². The van der Waals surface area contributed by atoms with E-state index >= 15 is 0 Å². The van der Waals surface area contributed by atoms with Gasteiger partial charge in [0, 0.05) is 36.0 Å². The van der Waals surface area contributed by atoms with Gasteiger partial charge in [0.1, 0.15) is 5.82 Å². The van der Waals surface area contributed by atoms with Crippen LogP contribution < -0.4 is 4.31 Å². The molecule has 0 aliphatic carbocycles. The zero-order valence-corrected chi connectivity index (χ0v) is 16.3. The average molecular weight is 388 g/mol. The summed E-state index contributed by atoms with van der Waals surface area (Å²) in [5.41, 5.74) is 3.26. The van der Waals surface area contributed by atoms with E-state index in [1.165, 1.54) is 0 Å². The van der Waals surface area contributed by atoms with Gasteiger partial charge in [0.05, 0.1) is 4.90 Å². The van der Waals surface area contributed by atoms with Gasteiger partial charge in [-0.1, -0.05) is 66.7 Å². The van der Waals surface area contributed by atoms with Gasteiger partial charge in [-0.2, -0.15) is 0 Å². The summed E-state index contributed by atoms with van der Waals surface area (Å²) in [7, 11) is -1.70. The maximum Gasteiger partial charge on any atom is 0.265 e. The molecule has 0 amide bonds. The fraction of sp³-hybridized carbons (Fsp3) is 0.130. The lowest BCUT2D eigenvalue weighted by atomic mass is 9.93. The maximum atomic E-state index is 13.5. The van der Waals surface area contributed by atoms with Crippen LogP contribution in [0.4, 0.5) is 5.82 Å². The van der Waals surface area contributed by atoms with E-state index in [9.17, 15) is 8.42 Å². The lowest BCUT2D eigenvalue weighted by molar-refractivity contribution is 0.590. The monoisotopic (exact) mass is 388 g/mol. The van der Waals surface area contributed by atoms with Gasteiger partial charge in [0.25, 0.3) is 10.0 Å². The minimum Gasteiger partial charge on any atom is -0.330 e. The number of aryl methyl sites for hydroxylation is 1. The average Bonchev–Trinajstić information content (AvgIpc) is 3.27. The molecule has 3 aromatic carbocycles. The van der Waals surface area contributed by atoms with Crippen LogP contribution in [0.2, 0.25) is 0 Å². The molecule has 28 heavy (non-hydrogen) atoms. The largest absolute Gasteiger partial charge is 0.330 e. The number of rotatable bonds is 3. The molecule has 0 spiro atoms. The topological polar surface area (TPSA) is 42.3 Å². The first-order valence-electron chi connectivity index (χ1n) is 9.29. The Morgan fingerprint density at radius 1 is 0.821 bits per heavy atom. The van der Waals surface area contributed by atoms with Gasteiger partial charge in [0.2, 0.25) is 0 Å². The smallest absolute Gasteiger partial charge is 0.265 e. The lowest BCUT2D eigenvalue weighted by Gasteiger charge is -2.22. The number of sulfonamides is 1. The van der Waals surface area contributed by atoms with Crippen LogP contribution >= 0.6 is 0 Å². The van der Waals surface area contributed by atoms with Gasteiger partial charge in [-0.3, -0.25) is 4.31 Å². The van der Waals surface area contributed by atoms with Crippen molar-refractivity contribution in [2.75, 3.05) is 10.8 Å². The molecule has 0 saturated heterocycles. The van der Waals surface area contributed by atoms with Gasteiger partial charge >= 0.3 is 0 Å². The number of benzene rings is 3. The van der Waals surface area contributed by atoms with Crippen LogP contribution in [0.5, 0.6) is 0 Å². The quantitative estimate of drug-likeness (QED) is 0.518. The minimum absolute atomic E-state index is 0.000729. The summed E-state index contributed by atoms with van der Waals surface area (Å²) in [6.45, 7) is 0.407. The second kappa shape index (κ2) is 6.24. The number of anilines is 1. The number of hydrogen-bond acceptors (Lipinski definition) is 2. The van der Waals surface area contributed by atoms with Crippen LogP contribution in [-0.2, 0) is 17.1 Å². The Morgan fingerprint density at radius 2 is 1.43 bits per heavy atom. The molecule has 1 aliphatic rings. The number of fused-ring (bicyclic) bond motifs is 3. The van der Waals surface area contributed by atoms with Crippen molar-refractivity contribution >= 4 is 26.7 Å². The maximum absolute atomic E-state index is 13.5. The SMILES string of the molecule is Cn1c2c(c3ccccc31)C(c1ccccc1)CN2S(=O)(=O)c1ccccc1. The molecule has 140 valence electrons. The Bertz CT molecular complexity index is 1260. The summed E-state index contributed by atoms with van der Waals surface area (Å²) in [4.78, 5) is 0.319. The van der Waals surface area contributed by atoms with Gasteiger partial charge in [-0.05, 0) is 23.8 Å². The van der Waals surface area contributed by atoms with Crippen molar-refractivity contribution in [3.8, 4) is 0 Å². The summed E-state index contributed by atoms with van der Waals surface area (Å²) in [6, 6.07) is 27.0. The number of hydrogen-bond donors (Lipinski definition) is 0. The molecular formula is C23H20N2O2S. The van der Waals surface area contributed by atoms with Gasteiger partial charge < -0.3 is 4.57 Å². The predicted octanol–water partition coefficient (Wildman–Crippen LogP) is 4.52. The molecule has 4 aromatic rings. The first-order chi connectivity index (χ1) is 13.6. The van der Waals surface area contributed by atoms with E-state index < -0.39 is 10.0 Å². The number of nitrogens with zero attached hydrogens (tertiary/aromatic N) is 2. The third-order valence-electron chi connectivity index (χ3n) is 5.58. The Morgan fingerprint density at radius 3 is 2.14 bits per heavy atom. The molecule has 0 radical (unpaired) electrons. The molecular weight excluding hydrogens is 368 g/mol. The zero-order chi connectivity index (χ0) is 19.3. The van der Waals surface area contributed by atoms with Crippen molar-refractivity contribution < 1.29 is 8.42 Å². The molecule has 5 rings (SSSR count). The first-order valence-corrected chi connectivity index (χ1v) is 10.7. The summed E-state index contributed by atoms with van der Waals surface area (Å²) >= 11 is 0. The highest BCUT2D eigenvalue weighted by atomic mass is 32.2. The van der Waals surface area contributed by atoms with Crippen molar-refractivity contribution in [1.82, 2.24) is 4.57 Å². The molecule has 0 bridgehead atoms. The van der Waals surface area contributed by atoms with Gasteiger partial charge in [0.15, 0.2) is 0 Å². The highest BCUT2D eigenvalue weighted by Gasteiger charge is 2.41. The van der Waals surface area contributed by atoms with Crippen LogP contribution in [0.1, 0.15) is 17.0 Å². The molecule has 4 nitrogen and oxygen atoms in total. The van der Waals surface area contributed by atoms with Crippen LogP contribution in [-0.4, -0.2) is 19.5 Å². The van der Waals surface area contributed by atoms with Crippen molar-refractivity contribution in [1.29, 1.82) is 0 Å². The predicted molar refractivity (Wildman–Crippen MR) is 112 cm³/mol. The summed E-state index contributed by atoms with van der Waals surface area (Å²) in [5.74, 6) is 0.764. The molecule has 5 heteroatoms. The third-order valence-corrected chi connectivity index (χ3v) is 7.35. The van der Waals surface area contributed by atoms with Gasteiger partial charge in [-0.15, -0.1) is 0 Å². The second-order valence-electron chi connectivity index (χ2n) is 7.13. The van der Waals surface area contributed by atoms with E-state index in [-0.39, 0.29) is 5.92 Å². The molecule has 0 N–H and O–H groups in total. The van der Waals surface area contributed by atoms with Crippen LogP contribution in [0.15, 0.2) is 89.8 Å². The van der Waals surface area contributed by atoms with E-state index in [4.69, 9.17) is 0 Å². The van der Waals surface area contributed by atoms with Crippen LogP contribution in [0.3, 0.4) is 0 Å². The summed E-state index contributed by atoms with van der Waals surface area (Å²) in [5, 5.41) is 1.11. The Hall–Kier alpha value is -3.05. The van der Waals surface area contributed by atoms with Crippen LogP contribution in [0, 0.1) is 0 Å². The fourth-order valence-electron chi connectivity index (χ4n) is 4.29. The minimum atomic E-state index is -3.65. The second-order valence-corrected chi connectivity index (χ2v) is 8.99. The molecule has 0 fully saturated rings.